The molecule has 0 spiro atoms. The maximum atomic E-state index is 11.2. The number of ether oxygens (including phenoxy) is 1. The minimum Gasteiger partial charge on any atom is -0.476 e. The second-order valence-electron chi connectivity index (χ2n) is 4.86. The highest BCUT2D eigenvalue weighted by Crippen LogP contribution is 2.34. The van der Waals surface area contributed by atoms with Gasteiger partial charge in [-0.3, -0.25) is 0 Å². The van der Waals surface area contributed by atoms with Crippen LogP contribution in [0.1, 0.15) is 40.9 Å². The topological polar surface area (TPSA) is 121 Å². The van der Waals surface area contributed by atoms with Crippen LogP contribution in [-0.4, -0.2) is 60.0 Å². The van der Waals surface area contributed by atoms with Crippen LogP contribution in [0.5, 0.6) is 0 Å². The largest absolute Gasteiger partial charge is 0.476 e. The second-order valence-corrected chi connectivity index (χ2v) is 4.86. The lowest BCUT2D eigenvalue weighted by atomic mass is 10.2. The van der Waals surface area contributed by atoms with Crippen molar-refractivity contribution in [2.45, 2.75) is 31.8 Å². The van der Waals surface area contributed by atoms with E-state index in [2.05, 4.69) is 25.8 Å². The molecular formula is C11H15N7O3. The van der Waals surface area contributed by atoms with Crippen molar-refractivity contribution in [2.75, 3.05) is 13.7 Å². The number of tetrazole rings is 1. The monoisotopic (exact) mass is 293 g/mol. The Bertz CT molecular complexity index is 646. The fourth-order valence-corrected chi connectivity index (χ4v) is 2.13. The Kier molecular flexibility index (Phi) is 3.60. The molecule has 2 aromatic heterocycles. The van der Waals surface area contributed by atoms with E-state index in [-0.39, 0.29) is 5.69 Å². The standard InChI is InChI=1S/C11H15N7O3/c1-21-5-4-8-10(11(19)20)13-15-17(8)6-9-12-14-16-18(9)7-2-3-7/h7H,2-6H2,1H3,(H,19,20). The first-order valence-electron chi connectivity index (χ1n) is 6.62. The molecule has 10 nitrogen and oxygen atoms in total. The lowest BCUT2D eigenvalue weighted by Crippen LogP contribution is -2.15. The molecule has 1 N–H and O–H groups in total. The summed E-state index contributed by atoms with van der Waals surface area (Å²) in [5.74, 6) is -0.452. The number of hydrogen-bond acceptors (Lipinski definition) is 7. The second kappa shape index (κ2) is 5.56. The van der Waals surface area contributed by atoms with E-state index in [4.69, 9.17) is 9.84 Å². The average molecular weight is 293 g/mol. The van der Waals surface area contributed by atoms with Gasteiger partial charge in [0.1, 0.15) is 6.54 Å². The van der Waals surface area contributed by atoms with Crippen LogP contribution in [-0.2, 0) is 17.7 Å². The minimum absolute atomic E-state index is 0.0579. The Morgan fingerprint density at radius 1 is 1.38 bits per heavy atom. The molecule has 2 aromatic rings. The third kappa shape index (κ3) is 2.75. The fraction of sp³-hybridized carbons (Fsp3) is 0.636. The van der Waals surface area contributed by atoms with E-state index in [1.807, 2.05) is 0 Å². The van der Waals surface area contributed by atoms with Crippen LogP contribution in [0, 0.1) is 0 Å². The molecule has 0 atom stereocenters. The Labute approximate surface area is 119 Å². The SMILES string of the molecule is COCCc1c(C(=O)O)nnn1Cc1nnnn1C1CC1. The number of aromatic nitrogens is 7. The molecule has 10 heteroatoms. The molecule has 1 fully saturated rings. The summed E-state index contributed by atoms with van der Waals surface area (Å²) in [7, 11) is 1.56. The summed E-state index contributed by atoms with van der Waals surface area (Å²) in [5.41, 5.74) is 0.451. The molecule has 1 aliphatic rings. The van der Waals surface area contributed by atoms with Crippen molar-refractivity contribution in [1.82, 2.24) is 35.2 Å². The van der Waals surface area contributed by atoms with Crippen LogP contribution in [0.15, 0.2) is 0 Å². The van der Waals surface area contributed by atoms with Crippen molar-refractivity contribution in [2.24, 2.45) is 0 Å². The normalized spacial score (nSPS) is 14.5. The smallest absolute Gasteiger partial charge is 0.358 e. The molecule has 0 saturated heterocycles. The van der Waals surface area contributed by atoms with Gasteiger partial charge < -0.3 is 9.84 Å². The number of aromatic carboxylic acids is 1. The molecule has 112 valence electrons. The zero-order chi connectivity index (χ0) is 14.8. The summed E-state index contributed by atoms with van der Waals surface area (Å²) in [6.45, 7) is 0.685. The van der Waals surface area contributed by atoms with Crippen LogP contribution in [0.25, 0.3) is 0 Å². The molecule has 0 bridgehead atoms. The summed E-state index contributed by atoms with van der Waals surface area (Å²) in [5, 5.41) is 28.4. The molecule has 3 rings (SSSR count). The van der Waals surface area contributed by atoms with Gasteiger partial charge in [0, 0.05) is 13.5 Å². The number of carboxylic acids is 1. The quantitative estimate of drug-likeness (QED) is 0.727. The summed E-state index contributed by atoms with van der Waals surface area (Å²) in [6, 6.07) is 0.347. The third-order valence-corrected chi connectivity index (χ3v) is 3.33. The predicted octanol–water partition coefficient (Wildman–Crippen LogP) is -0.465. The lowest BCUT2D eigenvalue weighted by Gasteiger charge is -2.06. The molecule has 1 saturated carbocycles. The first kappa shape index (κ1) is 13.6. The number of rotatable bonds is 7. The van der Waals surface area contributed by atoms with Gasteiger partial charge in [-0.15, -0.1) is 10.2 Å². The Balaban J connectivity index is 1.86. The van der Waals surface area contributed by atoms with Crippen molar-refractivity contribution >= 4 is 5.97 Å². The van der Waals surface area contributed by atoms with Gasteiger partial charge in [0.05, 0.1) is 18.3 Å². The van der Waals surface area contributed by atoms with E-state index in [1.165, 1.54) is 4.68 Å². The zero-order valence-electron chi connectivity index (χ0n) is 11.5. The van der Waals surface area contributed by atoms with E-state index >= 15 is 0 Å². The van der Waals surface area contributed by atoms with E-state index in [0.717, 1.165) is 12.8 Å². The number of methoxy groups -OCH3 is 1. The van der Waals surface area contributed by atoms with E-state index < -0.39 is 5.97 Å². The highest BCUT2D eigenvalue weighted by Gasteiger charge is 2.28. The fourth-order valence-electron chi connectivity index (χ4n) is 2.13. The molecule has 2 heterocycles. The highest BCUT2D eigenvalue weighted by molar-refractivity contribution is 5.86. The van der Waals surface area contributed by atoms with Gasteiger partial charge >= 0.3 is 5.97 Å². The van der Waals surface area contributed by atoms with Gasteiger partial charge in [0.2, 0.25) is 0 Å². The Morgan fingerprint density at radius 2 is 2.19 bits per heavy atom. The zero-order valence-corrected chi connectivity index (χ0v) is 11.5. The molecular weight excluding hydrogens is 278 g/mol. The summed E-state index contributed by atoms with van der Waals surface area (Å²) in [4.78, 5) is 11.2. The molecule has 1 aliphatic carbocycles. The molecule has 0 radical (unpaired) electrons. The Hall–Kier alpha value is -2.36. The van der Waals surface area contributed by atoms with Crippen molar-refractivity contribution < 1.29 is 14.6 Å². The minimum atomic E-state index is -1.10. The Morgan fingerprint density at radius 3 is 2.86 bits per heavy atom. The van der Waals surface area contributed by atoms with Gasteiger partial charge in [-0.05, 0) is 23.3 Å². The van der Waals surface area contributed by atoms with Crippen LogP contribution >= 0.6 is 0 Å². The van der Waals surface area contributed by atoms with E-state index in [0.29, 0.717) is 37.1 Å². The summed E-state index contributed by atoms with van der Waals surface area (Å²) < 4.78 is 8.29. The highest BCUT2D eigenvalue weighted by atomic mass is 16.5. The maximum Gasteiger partial charge on any atom is 0.358 e. The van der Waals surface area contributed by atoms with Crippen molar-refractivity contribution in [3.63, 3.8) is 0 Å². The molecule has 21 heavy (non-hydrogen) atoms. The van der Waals surface area contributed by atoms with Gasteiger partial charge in [0.25, 0.3) is 0 Å². The van der Waals surface area contributed by atoms with Crippen LogP contribution in [0.2, 0.25) is 0 Å². The molecule has 0 aromatic carbocycles. The van der Waals surface area contributed by atoms with Gasteiger partial charge in [0.15, 0.2) is 11.5 Å². The van der Waals surface area contributed by atoms with Crippen molar-refractivity contribution in [1.29, 1.82) is 0 Å². The van der Waals surface area contributed by atoms with Crippen LogP contribution < -0.4 is 0 Å². The first-order chi connectivity index (χ1) is 10.2. The van der Waals surface area contributed by atoms with Crippen molar-refractivity contribution in [3.05, 3.63) is 17.2 Å². The maximum absolute atomic E-state index is 11.2. The lowest BCUT2D eigenvalue weighted by molar-refractivity contribution is 0.0688. The number of carbonyl (C=O) groups is 1. The molecule has 0 amide bonds. The number of nitrogens with zero attached hydrogens (tertiary/aromatic N) is 7. The van der Waals surface area contributed by atoms with Crippen molar-refractivity contribution in [3.8, 4) is 0 Å². The summed E-state index contributed by atoms with van der Waals surface area (Å²) in [6.07, 6.45) is 2.54. The molecule has 0 unspecified atom stereocenters. The third-order valence-electron chi connectivity index (χ3n) is 3.33. The van der Waals surface area contributed by atoms with E-state index in [9.17, 15) is 4.79 Å². The van der Waals surface area contributed by atoms with E-state index in [1.54, 1.807) is 11.8 Å². The van der Waals surface area contributed by atoms with Gasteiger partial charge in [-0.2, -0.15) is 0 Å². The molecule has 0 aliphatic heterocycles. The average Bonchev–Trinajstić information content (AvgIpc) is 3.07. The number of carboxylic acid groups (broad SMARTS) is 1. The van der Waals surface area contributed by atoms with Gasteiger partial charge in [-0.25, -0.2) is 14.2 Å². The van der Waals surface area contributed by atoms with Gasteiger partial charge in [-0.1, -0.05) is 5.21 Å². The predicted molar refractivity (Wildman–Crippen MR) is 67.8 cm³/mol. The van der Waals surface area contributed by atoms with Crippen LogP contribution in [0.3, 0.4) is 0 Å². The van der Waals surface area contributed by atoms with Crippen LogP contribution in [0.4, 0.5) is 0 Å². The summed E-state index contributed by atoms with van der Waals surface area (Å²) >= 11 is 0. The first-order valence-corrected chi connectivity index (χ1v) is 6.62. The number of hydrogen-bond donors (Lipinski definition) is 1.